The highest BCUT2D eigenvalue weighted by atomic mass is 35.5. The van der Waals surface area contributed by atoms with E-state index >= 15 is 0 Å². The molecule has 0 radical (unpaired) electrons. The van der Waals surface area contributed by atoms with Crippen LogP contribution < -0.4 is 5.32 Å². The molecule has 2 atom stereocenters. The first-order valence-electron chi connectivity index (χ1n) is 9.81. The Balaban J connectivity index is 1.86. The third-order valence-corrected chi connectivity index (χ3v) is 6.45. The average molecular weight is 466 g/mol. The molecular formula is C22H25Cl2N3O4. The van der Waals surface area contributed by atoms with Crippen molar-refractivity contribution in [1.29, 1.82) is 0 Å². The molecule has 0 spiro atoms. The van der Waals surface area contributed by atoms with Crippen molar-refractivity contribution in [3.8, 4) is 0 Å². The summed E-state index contributed by atoms with van der Waals surface area (Å²) in [5, 5.41) is 3.29. The van der Waals surface area contributed by atoms with Crippen molar-refractivity contribution in [3.05, 3.63) is 56.8 Å². The van der Waals surface area contributed by atoms with Crippen molar-refractivity contribution >= 4 is 40.9 Å². The predicted molar refractivity (Wildman–Crippen MR) is 119 cm³/mol. The van der Waals surface area contributed by atoms with Gasteiger partial charge in [-0.05, 0) is 51.5 Å². The number of methoxy groups -OCH3 is 1. The van der Waals surface area contributed by atoms with Gasteiger partial charge in [-0.2, -0.15) is 0 Å². The molecule has 166 valence electrons. The maximum Gasteiger partial charge on any atom is 0.325 e. The largest absolute Gasteiger partial charge is 0.383 e. The zero-order valence-corrected chi connectivity index (χ0v) is 19.6. The van der Waals surface area contributed by atoms with Gasteiger partial charge in [-0.1, -0.05) is 29.3 Å². The number of rotatable bonds is 7. The van der Waals surface area contributed by atoms with E-state index in [1.54, 1.807) is 32.2 Å². The number of Topliss-reactive ketones (excluding diaryl/α,β-unsaturated/α-hetero) is 1. The van der Waals surface area contributed by atoms with E-state index in [0.717, 1.165) is 16.3 Å². The Morgan fingerprint density at radius 3 is 2.48 bits per heavy atom. The van der Waals surface area contributed by atoms with Crippen molar-refractivity contribution in [2.45, 2.75) is 39.3 Å². The van der Waals surface area contributed by atoms with Crippen LogP contribution in [-0.2, 0) is 15.1 Å². The maximum atomic E-state index is 13.1. The Morgan fingerprint density at radius 1 is 1.19 bits per heavy atom. The first-order chi connectivity index (χ1) is 14.5. The number of amides is 3. The number of hydrogen-bond donors (Lipinski definition) is 1. The third-order valence-electron chi connectivity index (χ3n) is 5.71. The summed E-state index contributed by atoms with van der Waals surface area (Å²) in [6.45, 7) is 7.47. The molecule has 3 rings (SSSR count). The molecule has 1 aromatic carbocycles. The summed E-state index contributed by atoms with van der Waals surface area (Å²) >= 11 is 12.1. The van der Waals surface area contributed by atoms with E-state index in [1.807, 2.05) is 25.3 Å². The van der Waals surface area contributed by atoms with Gasteiger partial charge in [0.2, 0.25) is 0 Å². The lowest BCUT2D eigenvalue weighted by Crippen LogP contribution is -2.41. The minimum Gasteiger partial charge on any atom is -0.383 e. The van der Waals surface area contributed by atoms with E-state index in [0.29, 0.717) is 22.8 Å². The van der Waals surface area contributed by atoms with Gasteiger partial charge >= 0.3 is 6.03 Å². The number of imide groups is 1. The Morgan fingerprint density at radius 2 is 1.87 bits per heavy atom. The van der Waals surface area contributed by atoms with Gasteiger partial charge in [0.1, 0.15) is 5.54 Å². The summed E-state index contributed by atoms with van der Waals surface area (Å²) in [5.74, 6) is -0.836. The molecule has 1 fully saturated rings. The van der Waals surface area contributed by atoms with E-state index in [2.05, 4.69) is 5.32 Å². The molecule has 0 bridgehead atoms. The molecule has 9 heteroatoms. The number of ether oxygens (including phenoxy) is 1. The standard InChI is InChI=1S/C22H25Cl2N3O4/c1-12-8-16(14(3)27(12)13(2)11-31-5)19(28)10-26-20(29)22(4,25-21(26)30)15-6-7-17(23)18(24)9-15/h6-9,13H,10-11H2,1-5H3,(H,25,30). The highest BCUT2D eigenvalue weighted by Gasteiger charge is 2.49. The van der Waals surface area contributed by atoms with Gasteiger partial charge in [0.05, 0.1) is 29.2 Å². The first kappa shape index (κ1) is 23.3. The van der Waals surface area contributed by atoms with Gasteiger partial charge < -0.3 is 14.6 Å². The molecule has 1 saturated heterocycles. The summed E-state index contributed by atoms with van der Waals surface area (Å²) in [5.41, 5.74) is 1.30. The van der Waals surface area contributed by atoms with Crippen LogP contribution in [0.4, 0.5) is 4.79 Å². The lowest BCUT2D eigenvalue weighted by Gasteiger charge is -2.22. The van der Waals surface area contributed by atoms with E-state index in [9.17, 15) is 14.4 Å². The van der Waals surface area contributed by atoms with Crippen molar-refractivity contribution in [2.75, 3.05) is 20.3 Å². The molecule has 1 N–H and O–H groups in total. The van der Waals surface area contributed by atoms with Crippen molar-refractivity contribution in [1.82, 2.24) is 14.8 Å². The molecule has 2 aromatic rings. The number of halogens is 2. The Labute approximate surface area is 191 Å². The number of carbonyl (C=O) groups is 3. The molecule has 1 aliphatic rings. The zero-order chi connectivity index (χ0) is 23.1. The van der Waals surface area contributed by atoms with E-state index in [-0.39, 0.29) is 23.4 Å². The van der Waals surface area contributed by atoms with Crippen LogP contribution >= 0.6 is 23.2 Å². The van der Waals surface area contributed by atoms with Gasteiger partial charge in [-0.15, -0.1) is 0 Å². The minimum absolute atomic E-state index is 0.0428. The summed E-state index contributed by atoms with van der Waals surface area (Å²) in [6, 6.07) is 5.92. The van der Waals surface area contributed by atoms with Gasteiger partial charge in [0, 0.05) is 24.1 Å². The molecule has 1 aliphatic heterocycles. The zero-order valence-electron chi connectivity index (χ0n) is 18.1. The summed E-state index contributed by atoms with van der Waals surface area (Å²) < 4.78 is 7.24. The second-order valence-electron chi connectivity index (χ2n) is 7.96. The lowest BCUT2D eigenvalue weighted by atomic mass is 9.92. The molecule has 2 heterocycles. The van der Waals surface area contributed by atoms with E-state index in [4.69, 9.17) is 27.9 Å². The summed E-state index contributed by atoms with van der Waals surface area (Å²) in [7, 11) is 1.62. The van der Waals surface area contributed by atoms with Gasteiger partial charge in [-0.25, -0.2) is 4.79 Å². The third kappa shape index (κ3) is 4.10. The predicted octanol–water partition coefficient (Wildman–Crippen LogP) is 4.27. The van der Waals surface area contributed by atoms with Gasteiger partial charge in [0.25, 0.3) is 5.91 Å². The highest BCUT2D eigenvalue weighted by molar-refractivity contribution is 6.42. The number of ketones is 1. The highest BCUT2D eigenvalue weighted by Crippen LogP contribution is 2.33. The fraction of sp³-hybridized carbons (Fsp3) is 0.409. The Hall–Kier alpha value is -2.35. The minimum atomic E-state index is -1.34. The molecule has 31 heavy (non-hydrogen) atoms. The Kier molecular flexibility index (Phi) is 6.51. The number of benzene rings is 1. The Bertz CT molecular complexity index is 1070. The first-order valence-corrected chi connectivity index (χ1v) is 10.6. The number of nitrogens with zero attached hydrogens (tertiary/aromatic N) is 2. The molecule has 7 nitrogen and oxygen atoms in total. The molecule has 1 aromatic heterocycles. The second kappa shape index (κ2) is 8.65. The number of hydrogen-bond acceptors (Lipinski definition) is 4. The van der Waals surface area contributed by atoms with Crippen LogP contribution in [0.2, 0.25) is 10.0 Å². The van der Waals surface area contributed by atoms with Gasteiger partial charge in [0.15, 0.2) is 5.78 Å². The quantitative estimate of drug-likeness (QED) is 0.488. The van der Waals surface area contributed by atoms with Crippen LogP contribution in [0.5, 0.6) is 0 Å². The van der Waals surface area contributed by atoms with E-state index in [1.165, 1.54) is 6.07 Å². The number of nitrogens with one attached hydrogen (secondary N) is 1. The normalized spacial score (nSPS) is 19.6. The summed E-state index contributed by atoms with van der Waals surface area (Å²) in [6.07, 6.45) is 0. The average Bonchev–Trinajstić information content (AvgIpc) is 3.12. The topological polar surface area (TPSA) is 80.6 Å². The SMILES string of the molecule is COCC(C)n1c(C)cc(C(=O)CN2C(=O)NC(C)(c3ccc(Cl)c(Cl)c3)C2=O)c1C. The maximum absolute atomic E-state index is 13.1. The van der Waals surface area contributed by atoms with Crippen molar-refractivity contribution < 1.29 is 19.1 Å². The molecule has 3 amide bonds. The van der Waals surface area contributed by atoms with Crippen LogP contribution in [0, 0.1) is 13.8 Å². The van der Waals surface area contributed by atoms with Crippen LogP contribution in [-0.4, -0.2) is 47.4 Å². The van der Waals surface area contributed by atoms with Crippen molar-refractivity contribution in [2.24, 2.45) is 0 Å². The fourth-order valence-electron chi connectivity index (χ4n) is 4.13. The fourth-order valence-corrected chi connectivity index (χ4v) is 4.42. The molecule has 0 saturated carbocycles. The van der Waals surface area contributed by atoms with Crippen LogP contribution in [0.1, 0.15) is 47.2 Å². The monoisotopic (exact) mass is 465 g/mol. The summed E-state index contributed by atoms with van der Waals surface area (Å²) in [4.78, 5) is 39.7. The molecule has 0 aliphatic carbocycles. The van der Waals surface area contributed by atoms with Gasteiger partial charge in [-0.3, -0.25) is 14.5 Å². The van der Waals surface area contributed by atoms with Crippen molar-refractivity contribution in [3.63, 3.8) is 0 Å². The number of aromatic nitrogens is 1. The van der Waals surface area contributed by atoms with E-state index < -0.39 is 17.5 Å². The van der Waals surface area contributed by atoms with Crippen LogP contribution in [0.3, 0.4) is 0 Å². The van der Waals surface area contributed by atoms with Crippen LogP contribution in [0.25, 0.3) is 0 Å². The van der Waals surface area contributed by atoms with Crippen LogP contribution in [0.15, 0.2) is 24.3 Å². The smallest absolute Gasteiger partial charge is 0.325 e. The number of urea groups is 1. The molecule has 2 unspecified atom stereocenters. The lowest BCUT2D eigenvalue weighted by molar-refractivity contribution is -0.130. The second-order valence-corrected chi connectivity index (χ2v) is 8.77. The molecular weight excluding hydrogens is 441 g/mol. The number of aryl methyl sites for hydroxylation is 1. The number of carbonyl (C=O) groups excluding carboxylic acids is 3.